The average molecular weight is 308 g/mol. The number of benzene rings is 1. The van der Waals surface area contributed by atoms with Crippen molar-refractivity contribution in [2.24, 2.45) is 0 Å². The number of rotatable bonds is 4. The third-order valence-electron chi connectivity index (χ3n) is 4.45. The number of urea groups is 1. The van der Waals surface area contributed by atoms with Gasteiger partial charge in [0, 0.05) is 26.7 Å². The number of hydrogen-bond acceptors (Lipinski definition) is 2. The molecule has 1 fully saturated rings. The van der Waals surface area contributed by atoms with Crippen molar-refractivity contribution in [3.63, 3.8) is 0 Å². The summed E-state index contributed by atoms with van der Waals surface area (Å²) in [6, 6.07) is 6.34. The molecule has 1 saturated heterocycles. The first-order valence-electron chi connectivity index (χ1n) is 7.90. The molecular formula is C17H25FN2O2. The van der Waals surface area contributed by atoms with Crippen molar-refractivity contribution in [3.05, 3.63) is 35.6 Å². The van der Waals surface area contributed by atoms with Gasteiger partial charge in [0.15, 0.2) is 0 Å². The van der Waals surface area contributed by atoms with E-state index in [0.717, 1.165) is 31.5 Å². The van der Waals surface area contributed by atoms with Crippen molar-refractivity contribution in [3.8, 4) is 0 Å². The number of nitrogens with zero attached hydrogens (tertiary/aromatic N) is 2. The molecule has 0 unspecified atom stereocenters. The van der Waals surface area contributed by atoms with E-state index in [1.54, 1.807) is 19.2 Å². The summed E-state index contributed by atoms with van der Waals surface area (Å²) in [6.45, 7) is 6.03. The molecule has 2 rings (SSSR count). The zero-order valence-corrected chi connectivity index (χ0v) is 13.6. The number of hydrogen-bond donors (Lipinski definition) is 0. The minimum Gasteiger partial charge on any atom is -0.381 e. The third kappa shape index (κ3) is 3.77. The number of methoxy groups -OCH3 is 1. The van der Waals surface area contributed by atoms with E-state index in [1.807, 2.05) is 23.6 Å². The molecule has 0 saturated carbocycles. The van der Waals surface area contributed by atoms with Gasteiger partial charge in [0.05, 0.1) is 12.1 Å². The molecule has 122 valence electrons. The fourth-order valence-corrected chi connectivity index (χ4v) is 2.96. The van der Waals surface area contributed by atoms with E-state index in [0.29, 0.717) is 6.54 Å². The van der Waals surface area contributed by atoms with Crippen molar-refractivity contribution in [2.75, 3.05) is 26.7 Å². The van der Waals surface area contributed by atoms with Crippen LogP contribution in [0.15, 0.2) is 24.3 Å². The van der Waals surface area contributed by atoms with Gasteiger partial charge >= 0.3 is 6.03 Å². The van der Waals surface area contributed by atoms with Gasteiger partial charge in [0.2, 0.25) is 0 Å². The SMILES string of the molecule is CCN(C(=O)N1CCC(OC)CC1)[C@H](C)c1ccc(F)cc1. The highest BCUT2D eigenvalue weighted by Gasteiger charge is 2.28. The molecule has 0 aromatic heterocycles. The fraction of sp³-hybridized carbons (Fsp3) is 0.588. The predicted molar refractivity (Wildman–Crippen MR) is 84.2 cm³/mol. The van der Waals surface area contributed by atoms with Gasteiger partial charge in [-0.15, -0.1) is 0 Å². The number of likely N-dealkylation sites (tertiary alicyclic amines) is 1. The van der Waals surface area contributed by atoms with Gasteiger partial charge in [0.25, 0.3) is 0 Å². The monoisotopic (exact) mass is 308 g/mol. The molecule has 22 heavy (non-hydrogen) atoms. The summed E-state index contributed by atoms with van der Waals surface area (Å²) in [7, 11) is 1.72. The smallest absolute Gasteiger partial charge is 0.320 e. The standard InChI is InChI=1S/C17H25FN2O2/c1-4-20(13(2)14-5-7-15(18)8-6-14)17(21)19-11-9-16(22-3)10-12-19/h5-8,13,16H,4,9-12H2,1-3H3/t13-/m1/s1. The van der Waals surface area contributed by atoms with Crippen LogP contribution in [-0.4, -0.2) is 48.7 Å². The Morgan fingerprint density at radius 2 is 1.95 bits per heavy atom. The lowest BCUT2D eigenvalue weighted by atomic mass is 10.1. The van der Waals surface area contributed by atoms with E-state index in [-0.39, 0.29) is 24.0 Å². The van der Waals surface area contributed by atoms with Crippen LogP contribution in [-0.2, 0) is 4.74 Å². The van der Waals surface area contributed by atoms with Gasteiger partial charge in [-0.2, -0.15) is 0 Å². The van der Waals surface area contributed by atoms with Gasteiger partial charge in [0.1, 0.15) is 5.82 Å². The summed E-state index contributed by atoms with van der Waals surface area (Å²) in [5.74, 6) is -0.257. The molecule has 0 radical (unpaired) electrons. The van der Waals surface area contributed by atoms with E-state index >= 15 is 0 Å². The van der Waals surface area contributed by atoms with Crippen LogP contribution in [0.5, 0.6) is 0 Å². The summed E-state index contributed by atoms with van der Waals surface area (Å²) in [5, 5.41) is 0. The van der Waals surface area contributed by atoms with Crippen LogP contribution in [0.4, 0.5) is 9.18 Å². The van der Waals surface area contributed by atoms with Gasteiger partial charge in [-0.05, 0) is 44.4 Å². The number of carbonyl (C=O) groups excluding carboxylic acids is 1. The molecule has 2 amide bonds. The molecule has 1 aromatic rings. The molecule has 0 spiro atoms. The lowest BCUT2D eigenvalue weighted by Crippen LogP contribution is -2.48. The molecule has 5 heteroatoms. The second kappa shape index (κ2) is 7.58. The minimum absolute atomic E-state index is 0.0499. The summed E-state index contributed by atoms with van der Waals surface area (Å²) in [6.07, 6.45) is 2.02. The van der Waals surface area contributed by atoms with Gasteiger partial charge in [-0.1, -0.05) is 12.1 Å². The molecule has 4 nitrogen and oxygen atoms in total. The van der Waals surface area contributed by atoms with Crippen LogP contribution in [0.2, 0.25) is 0 Å². The summed E-state index contributed by atoms with van der Waals surface area (Å²) >= 11 is 0. The van der Waals surface area contributed by atoms with Crippen LogP contribution in [0.1, 0.15) is 38.3 Å². The van der Waals surface area contributed by atoms with E-state index in [1.165, 1.54) is 12.1 Å². The fourth-order valence-electron chi connectivity index (χ4n) is 2.96. The highest BCUT2D eigenvalue weighted by Crippen LogP contribution is 2.23. The van der Waals surface area contributed by atoms with Crippen molar-refractivity contribution in [2.45, 2.75) is 38.8 Å². The minimum atomic E-state index is -0.257. The first-order valence-corrected chi connectivity index (χ1v) is 7.90. The molecule has 1 aliphatic heterocycles. The Morgan fingerprint density at radius 1 is 1.36 bits per heavy atom. The number of carbonyl (C=O) groups is 1. The van der Waals surface area contributed by atoms with Gasteiger partial charge in [-0.3, -0.25) is 0 Å². The largest absolute Gasteiger partial charge is 0.381 e. The number of ether oxygens (including phenoxy) is 1. The molecule has 0 aliphatic carbocycles. The van der Waals surface area contributed by atoms with E-state index in [2.05, 4.69) is 0 Å². The highest BCUT2D eigenvalue weighted by atomic mass is 19.1. The van der Waals surface area contributed by atoms with Crippen LogP contribution < -0.4 is 0 Å². The Hall–Kier alpha value is -1.62. The Kier molecular flexibility index (Phi) is 5.77. The van der Waals surface area contributed by atoms with Crippen LogP contribution >= 0.6 is 0 Å². The number of amides is 2. The van der Waals surface area contributed by atoms with Crippen molar-refractivity contribution in [1.29, 1.82) is 0 Å². The second-order valence-corrected chi connectivity index (χ2v) is 5.72. The van der Waals surface area contributed by atoms with E-state index in [9.17, 15) is 9.18 Å². The quantitative estimate of drug-likeness (QED) is 0.853. The summed E-state index contributed by atoms with van der Waals surface area (Å²) in [4.78, 5) is 16.5. The van der Waals surface area contributed by atoms with Crippen LogP contribution in [0.3, 0.4) is 0 Å². The van der Waals surface area contributed by atoms with Crippen molar-refractivity contribution < 1.29 is 13.9 Å². The topological polar surface area (TPSA) is 32.8 Å². The Balaban J connectivity index is 2.04. The summed E-state index contributed by atoms with van der Waals surface area (Å²) < 4.78 is 18.4. The van der Waals surface area contributed by atoms with Crippen LogP contribution in [0, 0.1) is 5.82 Å². The number of piperidine rings is 1. The first-order chi connectivity index (χ1) is 10.6. The molecular weight excluding hydrogens is 283 g/mol. The van der Waals surface area contributed by atoms with Gasteiger partial charge < -0.3 is 14.5 Å². The lowest BCUT2D eigenvalue weighted by molar-refractivity contribution is 0.0427. The molecule has 1 atom stereocenters. The van der Waals surface area contributed by atoms with Crippen molar-refractivity contribution >= 4 is 6.03 Å². The molecule has 0 bridgehead atoms. The average Bonchev–Trinajstić information content (AvgIpc) is 2.56. The van der Waals surface area contributed by atoms with Gasteiger partial charge in [-0.25, -0.2) is 9.18 Å². The summed E-state index contributed by atoms with van der Waals surface area (Å²) in [5.41, 5.74) is 0.948. The molecule has 0 N–H and O–H groups in total. The van der Waals surface area contributed by atoms with Crippen LogP contribution in [0.25, 0.3) is 0 Å². The van der Waals surface area contributed by atoms with Crippen molar-refractivity contribution in [1.82, 2.24) is 9.80 Å². The molecule has 1 heterocycles. The zero-order chi connectivity index (χ0) is 16.1. The van der Waals surface area contributed by atoms with E-state index in [4.69, 9.17) is 4.74 Å². The maximum Gasteiger partial charge on any atom is 0.320 e. The maximum absolute atomic E-state index is 13.1. The molecule has 1 aromatic carbocycles. The normalized spacial score (nSPS) is 17.4. The predicted octanol–water partition coefficient (Wildman–Crippen LogP) is 3.44. The first kappa shape index (κ1) is 16.7. The number of halogens is 1. The zero-order valence-electron chi connectivity index (χ0n) is 13.6. The third-order valence-corrected chi connectivity index (χ3v) is 4.45. The Labute approximate surface area is 131 Å². The second-order valence-electron chi connectivity index (χ2n) is 5.72. The van der Waals surface area contributed by atoms with E-state index < -0.39 is 0 Å². The Morgan fingerprint density at radius 3 is 2.45 bits per heavy atom. The lowest BCUT2D eigenvalue weighted by Gasteiger charge is -2.37. The maximum atomic E-state index is 13.1. The molecule has 1 aliphatic rings. The Bertz CT molecular complexity index is 484. The highest BCUT2D eigenvalue weighted by molar-refractivity contribution is 5.75.